The van der Waals surface area contributed by atoms with Crippen molar-refractivity contribution in [3.8, 4) is 0 Å². The standard InChI is InChI=1S/C24H26N2O7S/c1-4-31-15-24(3,34-19-8-6-5-7-9-19)21-20(22(27)25-21)16(2)33-23(28)32-14-17-10-12-18(13-11-17)26(29)30/h5-13,16,20-21H,4,14H2,1-3H3,(H,25,27)/t16-,20-,21+,24?/m1/s1. The first kappa shape index (κ1) is 25.5. The van der Waals surface area contributed by atoms with E-state index in [9.17, 15) is 19.7 Å². The zero-order chi connectivity index (χ0) is 24.7. The van der Waals surface area contributed by atoms with Gasteiger partial charge in [0.2, 0.25) is 5.91 Å². The minimum Gasteiger partial charge on any atom is -0.430 e. The van der Waals surface area contributed by atoms with E-state index < -0.39 is 33.9 Å². The molecule has 9 nitrogen and oxygen atoms in total. The maximum atomic E-state index is 12.4. The monoisotopic (exact) mass is 486 g/mol. The van der Waals surface area contributed by atoms with E-state index in [0.29, 0.717) is 12.2 Å². The van der Waals surface area contributed by atoms with Gasteiger partial charge in [-0.15, -0.1) is 11.8 Å². The highest BCUT2D eigenvalue weighted by molar-refractivity contribution is 8.00. The van der Waals surface area contributed by atoms with Crippen molar-refractivity contribution in [1.82, 2.24) is 5.32 Å². The van der Waals surface area contributed by atoms with Crippen LogP contribution in [0.1, 0.15) is 26.3 Å². The number of rotatable bonds is 11. The van der Waals surface area contributed by atoms with E-state index >= 15 is 0 Å². The van der Waals surface area contributed by atoms with Gasteiger partial charge in [0, 0.05) is 23.6 Å². The van der Waals surface area contributed by atoms with E-state index in [1.807, 2.05) is 44.2 Å². The summed E-state index contributed by atoms with van der Waals surface area (Å²) < 4.78 is 15.3. The molecule has 4 atom stereocenters. The lowest BCUT2D eigenvalue weighted by Crippen LogP contribution is -2.69. The maximum Gasteiger partial charge on any atom is 0.508 e. The number of benzene rings is 2. The summed E-state index contributed by atoms with van der Waals surface area (Å²) in [6.45, 7) is 8.76. The molecule has 1 aliphatic heterocycles. The molecule has 1 N–H and O–H groups in total. The van der Waals surface area contributed by atoms with E-state index in [0.717, 1.165) is 4.90 Å². The van der Waals surface area contributed by atoms with Crippen molar-refractivity contribution < 1.29 is 28.7 Å². The molecule has 0 spiro atoms. The van der Waals surface area contributed by atoms with Crippen molar-refractivity contribution in [1.29, 1.82) is 0 Å². The molecule has 10 heteroatoms. The van der Waals surface area contributed by atoms with Gasteiger partial charge in [-0.25, -0.2) is 4.79 Å². The predicted molar refractivity (Wildman–Crippen MR) is 125 cm³/mol. The fourth-order valence-electron chi connectivity index (χ4n) is 3.57. The van der Waals surface area contributed by atoms with Crippen LogP contribution in [0.25, 0.3) is 0 Å². The molecule has 3 rings (SSSR count). The molecule has 0 aromatic heterocycles. The normalized spacial score (nSPS) is 19.8. The third-order valence-electron chi connectivity index (χ3n) is 5.34. The van der Waals surface area contributed by atoms with Gasteiger partial charge in [0.15, 0.2) is 6.61 Å². The minimum atomic E-state index is -0.931. The molecule has 1 aliphatic rings. The van der Waals surface area contributed by atoms with Crippen LogP contribution in [0.15, 0.2) is 59.5 Å². The number of nitrogens with one attached hydrogen (secondary N) is 1. The number of non-ortho nitro benzene ring substituents is 1. The Hall–Kier alpha value is -3.11. The number of amides is 1. The van der Waals surface area contributed by atoms with E-state index in [4.69, 9.17) is 14.2 Å². The van der Waals surface area contributed by atoms with Gasteiger partial charge in [-0.2, -0.15) is 0 Å². The van der Waals surface area contributed by atoms with Crippen molar-refractivity contribution in [2.24, 2.45) is 5.92 Å². The molecular formula is C24H26N2O7S. The number of hydrogen-bond acceptors (Lipinski definition) is 8. The molecular weight excluding hydrogens is 460 g/mol. The Labute approximate surface area is 202 Å². The number of nitro benzene ring substituents is 1. The van der Waals surface area contributed by atoms with Crippen molar-refractivity contribution >= 4 is 29.5 Å². The van der Waals surface area contributed by atoms with Crippen molar-refractivity contribution in [3.05, 3.63) is 76.9 Å². The highest BCUT2D eigenvalue weighted by Gasteiger charge is 2.54. The third kappa shape index (κ3) is 6.27. The van der Waals surface area contributed by atoms with E-state index in [1.54, 1.807) is 6.92 Å². The van der Waals surface area contributed by atoms with Gasteiger partial charge in [0.05, 0.1) is 21.6 Å². The summed E-state index contributed by atoms with van der Waals surface area (Å²) in [4.78, 5) is 35.9. The molecule has 34 heavy (non-hydrogen) atoms. The van der Waals surface area contributed by atoms with Crippen LogP contribution in [0.5, 0.6) is 0 Å². The third-order valence-corrected chi connectivity index (χ3v) is 6.61. The number of thioether (sulfide) groups is 1. The van der Waals surface area contributed by atoms with Gasteiger partial charge in [-0.3, -0.25) is 14.9 Å². The topological polar surface area (TPSA) is 117 Å². The second kappa shape index (κ2) is 11.3. The number of β-lactam (4-membered cyclic amide) rings is 1. The second-order valence-corrected chi connectivity index (χ2v) is 9.38. The second-order valence-electron chi connectivity index (χ2n) is 7.85. The van der Waals surface area contributed by atoms with Crippen molar-refractivity contribution in [2.45, 2.75) is 49.2 Å². The lowest BCUT2D eigenvalue weighted by Gasteiger charge is -2.48. The summed E-state index contributed by atoms with van der Waals surface area (Å²) in [5.41, 5.74) is 0.515. The SMILES string of the molecule is CCO[C]C(C)(Sc1ccccc1)[C@H]1NC(=O)[C@@H]1[C@@H](C)OC(=O)OCc1ccc([N+](=O)[O-])cc1. The Kier molecular flexibility index (Phi) is 8.51. The van der Waals surface area contributed by atoms with Gasteiger partial charge in [-0.05, 0) is 50.6 Å². The number of nitrogens with zero attached hydrogens (tertiary/aromatic N) is 1. The maximum absolute atomic E-state index is 12.4. The van der Waals surface area contributed by atoms with Gasteiger partial charge in [0.25, 0.3) is 5.69 Å². The number of carbonyl (C=O) groups excluding carboxylic acids is 2. The highest BCUT2D eigenvalue weighted by atomic mass is 32.2. The summed E-state index contributed by atoms with van der Waals surface area (Å²) in [5, 5.41) is 13.6. The molecule has 2 radical (unpaired) electrons. The molecule has 1 fully saturated rings. The largest absolute Gasteiger partial charge is 0.508 e. The highest BCUT2D eigenvalue weighted by Crippen LogP contribution is 2.44. The van der Waals surface area contributed by atoms with Gasteiger partial charge in [-0.1, -0.05) is 18.2 Å². The lowest BCUT2D eigenvalue weighted by molar-refractivity contribution is -0.384. The molecule has 1 heterocycles. The van der Waals surface area contributed by atoms with Crippen LogP contribution >= 0.6 is 11.8 Å². The van der Waals surface area contributed by atoms with Gasteiger partial charge < -0.3 is 19.5 Å². The summed E-state index contributed by atoms with van der Waals surface area (Å²) in [5.74, 6) is -0.861. The molecule has 1 amide bonds. The van der Waals surface area contributed by atoms with Crippen molar-refractivity contribution in [2.75, 3.05) is 6.61 Å². The smallest absolute Gasteiger partial charge is 0.430 e. The first-order chi connectivity index (χ1) is 16.2. The Morgan fingerprint density at radius 2 is 1.91 bits per heavy atom. The molecule has 1 saturated heterocycles. The number of carbonyl (C=O) groups is 2. The minimum absolute atomic E-state index is 0.0564. The van der Waals surface area contributed by atoms with E-state index in [2.05, 4.69) is 11.9 Å². The summed E-state index contributed by atoms with van der Waals surface area (Å²) in [6.07, 6.45) is -1.69. The van der Waals surface area contributed by atoms with Crippen LogP contribution in [0.2, 0.25) is 0 Å². The number of ether oxygens (including phenoxy) is 3. The van der Waals surface area contributed by atoms with Crippen LogP contribution in [0.4, 0.5) is 10.5 Å². The Morgan fingerprint density at radius 1 is 1.24 bits per heavy atom. The fraction of sp³-hybridized carbons (Fsp3) is 0.375. The average Bonchev–Trinajstić information content (AvgIpc) is 2.80. The van der Waals surface area contributed by atoms with Crippen LogP contribution in [-0.4, -0.2) is 40.5 Å². The average molecular weight is 487 g/mol. The molecule has 2 aromatic rings. The number of hydrogen-bond donors (Lipinski definition) is 1. The quantitative estimate of drug-likeness (QED) is 0.164. The van der Waals surface area contributed by atoms with E-state index in [1.165, 1.54) is 36.0 Å². The lowest BCUT2D eigenvalue weighted by atomic mass is 9.78. The predicted octanol–water partition coefficient (Wildman–Crippen LogP) is 4.38. The molecule has 0 aliphatic carbocycles. The zero-order valence-electron chi connectivity index (χ0n) is 19.1. The summed E-state index contributed by atoms with van der Waals surface area (Å²) >= 11 is 1.50. The van der Waals surface area contributed by atoms with Crippen LogP contribution < -0.4 is 5.32 Å². The van der Waals surface area contributed by atoms with Gasteiger partial charge >= 0.3 is 6.16 Å². The first-order valence-corrected chi connectivity index (χ1v) is 11.5. The first-order valence-electron chi connectivity index (χ1n) is 10.7. The molecule has 2 aromatic carbocycles. The summed E-state index contributed by atoms with van der Waals surface area (Å²) in [7, 11) is 0. The molecule has 0 saturated carbocycles. The molecule has 0 bridgehead atoms. The van der Waals surface area contributed by atoms with Crippen LogP contribution in [0, 0.1) is 22.6 Å². The zero-order valence-corrected chi connectivity index (χ0v) is 19.9. The van der Waals surface area contributed by atoms with Gasteiger partial charge in [0.1, 0.15) is 12.7 Å². The number of nitro groups is 1. The Bertz CT molecular complexity index is 1000. The van der Waals surface area contributed by atoms with Crippen LogP contribution in [0.3, 0.4) is 0 Å². The summed E-state index contributed by atoms with van der Waals surface area (Å²) in [6, 6.07) is 14.9. The van der Waals surface area contributed by atoms with Crippen molar-refractivity contribution in [3.63, 3.8) is 0 Å². The molecule has 1 unspecified atom stereocenters. The van der Waals surface area contributed by atoms with E-state index in [-0.39, 0.29) is 18.2 Å². The Morgan fingerprint density at radius 3 is 2.50 bits per heavy atom. The Balaban J connectivity index is 1.61. The molecule has 180 valence electrons. The van der Waals surface area contributed by atoms with Crippen LogP contribution in [-0.2, 0) is 25.6 Å². The fourth-order valence-corrected chi connectivity index (χ4v) is 4.79.